The first kappa shape index (κ1) is 18.1. The van der Waals surface area contributed by atoms with Gasteiger partial charge in [0.15, 0.2) is 0 Å². The first-order valence-electron chi connectivity index (χ1n) is 7.87. The highest BCUT2D eigenvalue weighted by atomic mass is 35.5. The molecule has 0 atom stereocenters. The third-order valence-electron chi connectivity index (χ3n) is 3.93. The van der Waals surface area contributed by atoms with E-state index in [1.165, 1.54) is 11.8 Å². The molecule has 0 saturated carbocycles. The van der Waals surface area contributed by atoms with Crippen LogP contribution in [0.4, 0.5) is 5.69 Å². The van der Waals surface area contributed by atoms with Gasteiger partial charge in [0.2, 0.25) is 5.91 Å². The topological polar surface area (TPSA) is 65.8 Å². The van der Waals surface area contributed by atoms with Crippen LogP contribution in [0, 0.1) is 11.3 Å². The Labute approximate surface area is 160 Å². The van der Waals surface area contributed by atoms with Gasteiger partial charge < -0.3 is 5.32 Å². The molecule has 1 aromatic carbocycles. The maximum absolute atomic E-state index is 12.2. The molecule has 0 radical (unpaired) electrons. The van der Waals surface area contributed by atoms with Crippen LogP contribution in [-0.2, 0) is 17.6 Å². The average molecular weight is 392 g/mol. The van der Waals surface area contributed by atoms with E-state index >= 15 is 0 Å². The molecule has 4 nitrogen and oxygen atoms in total. The molecule has 0 spiro atoms. The van der Waals surface area contributed by atoms with Crippen LogP contribution in [-0.4, -0.2) is 16.6 Å². The average Bonchev–Trinajstić information content (AvgIpc) is 2.62. The van der Waals surface area contributed by atoms with E-state index in [0.717, 1.165) is 36.9 Å². The summed E-state index contributed by atoms with van der Waals surface area (Å²) in [6.07, 6.45) is 4.16. The summed E-state index contributed by atoms with van der Waals surface area (Å²) in [4.78, 5) is 16.8. The van der Waals surface area contributed by atoms with E-state index in [0.29, 0.717) is 26.3 Å². The molecule has 1 aliphatic carbocycles. The van der Waals surface area contributed by atoms with Crippen molar-refractivity contribution in [1.29, 1.82) is 5.26 Å². The monoisotopic (exact) mass is 391 g/mol. The molecule has 128 valence electrons. The van der Waals surface area contributed by atoms with Gasteiger partial charge in [-0.25, -0.2) is 4.98 Å². The number of nitrogens with one attached hydrogen (secondary N) is 1. The van der Waals surface area contributed by atoms with Crippen LogP contribution in [0.3, 0.4) is 0 Å². The second kappa shape index (κ2) is 8.09. The third kappa shape index (κ3) is 4.46. The standard InChI is InChI=1S/C18H15Cl2N3OS/c19-14-6-5-13(8-15(14)20)22-17(24)10-25-18-12(9-21)7-11-3-1-2-4-16(11)23-18/h5-8H,1-4,10H2,(H,22,24). The number of fused-ring (bicyclic) bond motifs is 1. The number of pyridine rings is 1. The van der Waals surface area contributed by atoms with Gasteiger partial charge in [-0.05, 0) is 55.5 Å². The molecule has 0 unspecified atom stereocenters. The van der Waals surface area contributed by atoms with Crippen molar-refractivity contribution >= 4 is 46.6 Å². The number of aromatic nitrogens is 1. The molecule has 0 fully saturated rings. The number of carbonyl (C=O) groups excluding carboxylic acids is 1. The molecular formula is C18H15Cl2N3OS. The van der Waals surface area contributed by atoms with Gasteiger partial charge in [-0.2, -0.15) is 5.26 Å². The lowest BCUT2D eigenvalue weighted by Crippen LogP contribution is -2.14. The maximum Gasteiger partial charge on any atom is 0.234 e. The van der Waals surface area contributed by atoms with Gasteiger partial charge in [0.25, 0.3) is 0 Å². The van der Waals surface area contributed by atoms with Gasteiger partial charge in [0.1, 0.15) is 11.1 Å². The Balaban J connectivity index is 1.67. The van der Waals surface area contributed by atoms with Crippen LogP contribution < -0.4 is 5.32 Å². The predicted octanol–water partition coefficient (Wildman–Crippen LogP) is 4.87. The minimum absolute atomic E-state index is 0.167. The molecular weight excluding hydrogens is 377 g/mol. The Morgan fingerprint density at radius 2 is 2.04 bits per heavy atom. The second-order valence-electron chi connectivity index (χ2n) is 5.73. The summed E-state index contributed by atoms with van der Waals surface area (Å²) in [6.45, 7) is 0. The highest BCUT2D eigenvalue weighted by Gasteiger charge is 2.16. The Hall–Kier alpha value is -1.74. The fraction of sp³-hybridized carbons (Fsp3) is 0.278. The van der Waals surface area contributed by atoms with Crippen LogP contribution >= 0.6 is 35.0 Å². The van der Waals surface area contributed by atoms with Crippen LogP contribution in [0.1, 0.15) is 29.7 Å². The minimum atomic E-state index is -0.188. The second-order valence-corrected chi connectivity index (χ2v) is 7.51. The van der Waals surface area contributed by atoms with Crippen molar-refractivity contribution in [2.24, 2.45) is 0 Å². The van der Waals surface area contributed by atoms with E-state index in [-0.39, 0.29) is 11.7 Å². The number of carbonyl (C=O) groups is 1. The van der Waals surface area contributed by atoms with Gasteiger partial charge in [-0.1, -0.05) is 35.0 Å². The lowest BCUT2D eigenvalue weighted by molar-refractivity contribution is -0.113. The zero-order valence-corrected chi connectivity index (χ0v) is 15.6. The van der Waals surface area contributed by atoms with E-state index in [1.807, 2.05) is 6.07 Å². The SMILES string of the molecule is N#Cc1cc2c(nc1SCC(=O)Nc1ccc(Cl)c(Cl)c1)CCCC2. The van der Waals surface area contributed by atoms with E-state index in [1.54, 1.807) is 18.2 Å². The van der Waals surface area contributed by atoms with Gasteiger partial charge >= 0.3 is 0 Å². The maximum atomic E-state index is 12.2. The summed E-state index contributed by atoms with van der Waals surface area (Å²) < 4.78 is 0. The number of anilines is 1. The largest absolute Gasteiger partial charge is 0.325 e. The molecule has 2 aromatic rings. The van der Waals surface area contributed by atoms with Crippen molar-refractivity contribution in [2.75, 3.05) is 11.1 Å². The normalized spacial score (nSPS) is 13.0. The molecule has 1 aromatic heterocycles. The number of rotatable bonds is 4. The Bertz CT molecular complexity index is 864. The summed E-state index contributed by atoms with van der Waals surface area (Å²) in [6, 6.07) is 9.02. The van der Waals surface area contributed by atoms with Crippen molar-refractivity contribution in [1.82, 2.24) is 4.98 Å². The zero-order valence-electron chi connectivity index (χ0n) is 13.3. The Kier molecular flexibility index (Phi) is 5.85. The molecule has 0 saturated heterocycles. The molecule has 7 heteroatoms. The molecule has 0 bridgehead atoms. The number of aryl methyl sites for hydroxylation is 2. The highest BCUT2D eigenvalue weighted by Crippen LogP contribution is 2.28. The van der Waals surface area contributed by atoms with Crippen molar-refractivity contribution in [2.45, 2.75) is 30.7 Å². The lowest BCUT2D eigenvalue weighted by Gasteiger charge is -2.16. The number of halogens is 2. The number of amides is 1. The smallest absolute Gasteiger partial charge is 0.234 e. The van der Waals surface area contributed by atoms with Gasteiger partial charge in [0, 0.05) is 11.4 Å². The molecule has 1 heterocycles. The molecule has 25 heavy (non-hydrogen) atoms. The minimum Gasteiger partial charge on any atom is -0.325 e. The lowest BCUT2D eigenvalue weighted by atomic mass is 9.95. The number of hydrogen-bond acceptors (Lipinski definition) is 4. The third-order valence-corrected chi connectivity index (χ3v) is 5.66. The fourth-order valence-corrected chi connectivity index (χ4v) is 3.78. The van der Waals surface area contributed by atoms with Crippen molar-refractivity contribution in [3.63, 3.8) is 0 Å². The number of nitriles is 1. The Morgan fingerprint density at radius 3 is 2.80 bits per heavy atom. The summed E-state index contributed by atoms with van der Waals surface area (Å²) in [5.74, 6) is -0.0208. The number of thioether (sulfide) groups is 1. The first-order chi connectivity index (χ1) is 12.1. The van der Waals surface area contributed by atoms with Gasteiger partial charge in [-0.3, -0.25) is 4.79 Å². The summed E-state index contributed by atoms with van der Waals surface area (Å²) in [5.41, 5.74) is 3.33. The van der Waals surface area contributed by atoms with E-state index in [4.69, 9.17) is 23.2 Å². The van der Waals surface area contributed by atoms with E-state index in [9.17, 15) is 10.1 Å². The van der Waals surface area contributed by atoms with E-state index < -0.39 is 0 Å². The summed E-state index contributed by atoms with van der Waals surface area (Å²) in [7, 11) is 0. The molecule has 1 N–H and O–H groups in total. The van der Waals surface area contributed by atoms with Crippen molar-refractivity contribution in [3.05, 3.63) is 51.1 Å². The van der Waals surface area contributed by atoms with E-state index in [2.05, 4.69) is 16.4 Å². The molecule has 0 aliphatic heterocycles. The molecule has 1 amide bonds. The first-order valence-corrected chi connectivity index (χ1v) is 9.61. The summed E-state index contributed by atoms with van der Waals surface area (Å²) >= 11 is 13.1. The number of hydrogen-bond donors (Lipinski definition) is 1. The van der Waals surface area contributed by atoms with Crippen molar-refractivity contribution < 1.29 is 4.79 Å². The number of nitrogens with zero attached hydrogens (tertiary/aromatic N) is 2. The van der Waals surface area contributed by atoms with Gasteiger partial charge in [-0.15, -0.1) is 0 Å². The quantitative estimate of drug-likeness (QED) is 0.754. The van der Waals surface area contributed by atoms with Crippen LogP contribution in [0.15, 0.2) is 29.3 Å². The summed E-state index contributed by atoms with van der Waals surface area (Å²) in [5, 5.41) is 13.6. The fourth-order valence-electron chi connectivity index (χ4n) is 2.71. The number of benzene rings is 1. The Morgan fingerprint density at radius 1 is 1.24 bits per heavy atom. The van der Waals surface area contributed by atoms with Crippen LogP contribution in [0.2, 0.25) is 10.0 Å². The molecule has 1 aliphatic rings. The highest BCUT2D eigenvalue weighted by molar-refractivity contribution is 8.00. The van der Waals surface area contributed by atoms with Crippen molar-refractivity contribution in [3.8, 4) is 6.07 Å². The van der Waals surface area contributed by atoms with Gasteiger partial charge in [0.05, 0.1) is 21.4 Å². The van der Waals surface area contributed by atoms with Crippen LogP contribution in [0.25, 0.3) is 0 Å². The molecule has 3 rings (SSSR count). The zero-order chi connectivity index (χ0) is 17.8. The predicted molar refractivity (Wildman–Crippen MR) is 101 cm³/mol. The van der Waals surface area contributed by atoms with Crippen LogP contribution in [0.5, 0.6) is 0 Å².